The fraction of sp³-hybridized carbons (Fsp3) is 0.318. The Morgan fingerprint density at radius 3 is 2.71 bits per heavy atom. The molecule has 0 bridgehead atoms. The maximum Gasteiger partial charge on any atom is 0.258 e. The minimum Gasteiger partial charge on any atom is -0.491 e. The van der Waals surface area contributed by atoms with Crippen LogP contribution in [0.5, 0.6) is 5.75 Å². The van der Waals surface area contributed by atoms with Gasteiger partial charge in [-0.05, 0) is 37.1 Å². The number of rotatable bonds is 8. The first-order chi connectivity index (χ1) is 13.5. The molecule has 0 aliphatic heterocycles. The van der Waals surface area contributed by atoms with E-state index in [-0.39, 0.29) is 11.5 Å². The van der Waals surface area contributed by atoms with E-state index in [1.54, 1.807) is 18.0 Å². The smallest absolute Gasteiger partial charge is 0.258 e. The predicted octanol–water partition coefficient (Wildman–Crippen LogP) is 3.09. The molecule has 0 radical (unpaired) electrons. The second-order valence-electron chi connectivity index (χ2n) is 6.81. The summed E-state index contributed by atoms with van der Waals surface area (Å²) in [6, 6.07) is 15.1. The molecule has 6 nitrogen and oxygen atoms in total. The number of amides is 1. The topological polar surface area (TPSA) is 75.3 Å². The lowest BCUT2D eigenvalue weighted by Crippen LogP contribution is -2.30. The molecule has 0 spiro atoms. The molecule has 0 saturated carbocycles. The fourth-order valence-electron chi connectivity index (χ4n) is 2.99. The number of carbonyl (C=O) groups is 1. The van der Waals surface area contributed by atoms with E-state index in [1.807, 2.05) is 49.4 Å². The summed E-state index contributed by atoms with van der Waals surface area (Å²) >= 11 is 0. The van der Waals surface area contributed by atoms with Crippen molar-refractivity contribution in [2.24, 2.45) is 0 Å². The van der Waals surface area contributed by atoms with E-state index in [9.17, 15) is 9.59 Å². The molecule has 1 aromatic heterocycles. The number of likely N-dealkylation sites (N-methyl/N-ethyl adjacent to an activating group) is 1. The van der Waals surface area contributed by atoms with Gasteiger partial charge in [-0.1, -0.05) is 30.3 Å². The molecule has 0 saturated heterocycles. The number of ether oxygens (including phenoxy) is 1. The third kappa shape index (κ3) is 4.97. The Morgan fingerprint density at radius 1 is 1.14 bits per heavy atom. The van der Waals surface area contributed by atoms with Gasteiger partial charge >= 0.3 is 0 Å². The molecule has 1 amide bonds. The number of H-pyrrole nitrogens is 1. The largest absolute Gasteiger partial charge is 0.491 e. The van der Waals surface area contributed by atoms with Gasteiger partial charge in [0.1, 0.15) is 18.2 Å². The molecular weight excluding hydrogens is 354 g/mol. The van der Waals surface area contributed by atoms with Gasteiger partial charge < -0.3 is 14.6 Å². The highest BCUT2D eigenvalue weighted by molar-refractivity contribution is 5.77. The number of aromatic amines is 1. The number of benzene rings is 2. The first-order valence-electron chi connectivity index (χ1n) is 9.45. The van der Waals surface area contributed by atoms with Crippen LogP contribution in [-0.2, 0) is 11.2 Å². The number of fused-ring (bicyclic) bond motifs is 1. The summed E-state index contributed by atoms with van der Waals surface area (Å²) in [6.45, 7) is 2.97. The van der Waals surface area contributed by atoms with Crippen LogP contribution in [0.25, 0.3) is 10.9 Å². The summed E-state index contributed by atoms with van der Waals surface area (Å²) in [5, 5.41) is 0.579. The Bertz CT molecular complexity index is 1010. The Hall–Kier alpha value is -3.15. The van der Waals surface area contributed by atoms with Crippen molar-refractivity contribution in [3.8, 4) is 5.75 Å². The van der Waals surface area contributed by atoms with E-state index in [0.717, 1.165) is 11.3 Å². The van der Waals surface area contributed by atoms with Gasteiger partial charge in [-0.2, -0.15) is 0 Å². The summed E-state index contributed by atoms with van der Waals surface area (Å²) in [5.74, 6) is 1.51. The number of aromatic nitrogens is 2. The Balaban J connectivity index is 1.45. The van der Waals surface area contributed by atoms with Crippen molar-refractivity contribution < 1.29 is 9.53 Å². The van der Waals surface area contributed by atoms with Gasteiger partial charge in [0.15, 0.2) is 0 Å². The Labute approximate surface area is 164 Å². The zero-order valence-electron chi connectivity index (χ0n) is 16.3. The second-order valence-corrected chi connectivity index (χ2v) is 6.81. The van der Waals surface area contributed by atoms with Gasteiger partial charge in [-0.3, -0.25) is 9.59 Å². The van der Waals surface area contributed by atoms with Crippen molar-refractivity contribution in [1.29, 1.82) is 0 Å². The fourth-order valence-corrected chi connectivity index (χ4v) is 2.99. The van der Waals surface area contributed by atoms with E-state index in [4.69, 9.17) is 4.74 Å². The van der Waals surface area contributed by atoms with Gasteiger partial charge in [0.25, 0.3) is 5.56 Å². The molecule has 0 unspecified atom stereocenters. The van der Waals surface area contributed by atoms with Crippen LogP contribution in [0.2, 0.25) is 0 Å². The summed E-state index contributed by atoms with van der Waals surface area (Å²) in [4.78, 5) is 33.3. The van der Waals surface area contributed by atoms with E-state index in [2.05, 4.69) is 9.97 Å². The highest BCUT2D eigenvalue weighted by Crippen LogP contribution is 2.16. The summed E-state index contributed by atoms with van der Waals surface area (Å²) in [6.07, 6.45) is 1.58. The molecule has 0 aliphatic rings. The van der Waals surface area contributed by atoms with Crippen LogP contribution in [0.15, 0.2) is 53.3 Å². The van der Waals surface area contributed by atoms with E-state index < -0.39 is 0 Å². The summed E-state index contributed by atoms with van der Waals surface area (Å²) < 4.78 is 5.74. The standard InChI is InChI=1S/C22H25N3O3/c1-16-8-3-6-11-19(16)28-15-14-25(2)21(26)13-7-12-20-23-18-10-5-4-9-17(18)22(27)24-20/h3-6,8-11H,7,12-15H2,1-2H3,(H,23,24,27). The van der Waals surface area contributed by atoms with Crippen LogP contribution in [-0.4, -0.2) is 41.0 Å². The Morgan fingerprint density at radius 2 is 1.89 bits per heavy atom. The first kappa shape index (κ1) is 19.6. The molecule has 0 aliphatic carbocycles. The monoisotopic (exact) mass is 379 g/mol. The molecule has 1 heterocycles. The maximum absolute atomic E-state index is 12.3. The number of aryl methyl sites for hydroxylation is 2. The van der Waals surface area contributed by atoms with Crippen molar-refractivity contribution in [3.63, 3.8) is 0 Å². The van der Waals surface area contributed by atoms with Crippen LogP contribution in [0.1, 0.15) is 24.2 Å². The van der Waals surface area contributed by atoms with Crippen LogP contribution in [0.4, 0.5) is 0 Å². The van der Waals surface area contributed by atoms with Crippen molar-refractivity contribution in [3.05, 3.63) is 70.3 Å². The lowest BCUT2D eigenvalue weighted by molar-refractivity contribution is -0.130. The van der Waals surface area contributed by atoms with Gasteiger partial charge in [-0.25, -0.2) is 4.98 Å². The molecule has 146 valence electrons. The highest BCUT2D eigenvalue weighted by atomic mass is 16.5. The van der Waals surface area contributed by atoms with Crippen LogP contribution in [0.3, 0.4) is 0 Å². The lowest BCUT2D eigenvalue weighted by atomic mass is 10.2. The first-order valence-corrected chi connectivity index (χ1v) is 9.45. The highest BCUT2D eigenvalue weighted by Gasteiger charge is 2.10. The number of carbonyl (C=O) groups excluding carboxylic acids is 1. The minimum absolute atomic E-state index is 0.0523. The number of nitrogens with one attached hydrogen (secondary N) is 1. The van der Waals surface area contributed by atoms with E-state index >= 15 is 0 Å². The molecule has 6 heteroatoms. The quantitative estimate of drug-likeness (QED) is 0.653. The molecule has 1 N–H and O–H groups in total. The molecule has 0 fully saturated rings. The van der Waals surface area contributed by atoms with Gasteiger partial charge in [0.2, 0.25) is 5.91 Å². The van der Waals surface area contributed by atoms with Crippen molar-refractivity contribution in [2.45, 2.75) is 26.2 Å². The summed E-state index contributed by atoms with van der Waals surface area (Å²) in [7, 11) is 1.78. The minimum atomic E-state index is -0.141. The van der Waals surface area contributed by atoms with Gasteiger partial charge in [-0.15, -0.1) is 0 Å². The maximum atomic E-state index is 12.3. The molecule has 28 heavy (non-hydrogen) atoms. The Kier molecular flexibility index (Phi) is 6.42. The van der Waals surface area contributed by atoms with Crippen molar-refractivity contribution in [1.82, 2.24) is 14.9 Å². The van der Waals surface area contributed by atoms with Crippen molar-refractivity contribution >= 4 is 16.8 Å². The SMILES string of the molecule is Cc1ccccc1OCCN(C)C(=O)CCCc1nc2ccccc2c(=O)[nH]1. The molecule has 0 atom stereocenters. The lowest BCUT2D eigenvalue weighted by Gasteiger charge is -2.18. The average molecular weight is 379 g/mol. The van der Waals surface area contributed by atoms with E-state index in [0.29, 0.717) is 49.1 Å². The average Bonchev–Trinajstić information content (AvgIpc) is 2.69. The van der Waals surface area contributed by atoms with Crippen LogP contribution >= 0.6 is 0 Å². The van der Waals surface area contributed by atoms with Gasteiger partial charge in [0, 0.05) is 19.9 Å². The molecular formula is C22H25N3O3. The number of nitrogens with zero attached hydrogens (tertiary/aromatic N) is 2. The molecule has 3 aromatic rings. The van der Waals surface area contributed by atoms with E-state index in [1.165, 1.54) is 0 Å². The number of para-hydroxylation sites is 2. The summed E-state index contributed by atoms with van der Waals surface area (Å²) in [5.41, 5.74) is 1.61. The van der Waals surface area contributed by atoms with Gasteiger partial charge in [0.05, 0.1) is 17.4 Å². The molecule has 2 aromatic carbocycles. The van der Waals surface area contributed by atoms with Crippen LogP contribution in [0, 0.1) is 6.92 Å². The predicted molar refractivity (Wildman–Crippen MR) is 110 cm³/mol. The third-order valence-electron chi connectivity index (χ3n) is 4.67. The van der Waals surface area contributed by atoms with Crippen molar-refractivity contribution in [2.75, 3.05) is 20.2 Å². The number of hydrogen-bond acceptors (Lipinski definition) is 4. The van der Waals surface area contributed by atoms with Crippen LogP contribution < -0.4 is 10.3 Å². The zero-order chi connectivity index (χ0) is 19.9. The molecule has 3 rings (SSSR count). The normalized spacial score (nSPS) is 10.8. The third-order valence-corrected chi connectivity index (χ3v) is 4.67. The zero-order valence-corrected chi connectivity index (χ0v) is 16.3. The number of hydrogen-bond donors (Lipinski definition) is 1. The second kappa shape index (κ2) is 9.17.